The van der Waals surface area contributed by atoms with Crippen LogP contribution in [0.5, 0.6) is 11.5 Å². The quantitative estimate of drug-likeness (QED) is 0.832. The molecule has 0 aromatic heterocycles. The molecule has 1 heterocycles. The van der Waals surface area contributed by atoms with Crippen molar-refractivity contribution in [3.05, 3.63) is 53.1 Å². The number of nitrogens with zero attached hydrogens (tertiary/aromatic N) is 1. The molecule has 0 fully saturated rings. The number of benzene rings is 2. The average Bonchev–Trinajstić information content (AvgIpc) is 2.61. The lowest BCUT2D eigenvalue weighted by molar-refractivity contribution is 0.348. The second-order valence-electron chi connectivity index (χ2n) is 5.64. The highest BCUT2D eigenvalue weighted by Gasteiger charge is 2.31. The molecule has 0 amide bonds. The number of methoxy groups -OCH3 is 2. The van der Waals surface area contributed by atoms with E-state index >= 15 is 0 Å². The molecule has 0 bridgehead atoms. The van der Waals surface area contributed by atoms with Crippen LogP contribution in [-0.4, -0.2) is 33.5 Å². The molecular weight excluding hydrogens is 352 g/mol. The Hall–Kier alpha value is -2.19. The minimum Gasteiger partial charge on any atom is -0.493 e. The van der Waals surface area contributed by atoms with Gasteiger partial charge in [0.1, 0.15) is 16.5 Å². The summed E-state index contributed by atoms with van der Waals surface area (Å²) in [6, 6.07) is 5.92. The molecular formula is C17H17F2NO4S. The van der Waals surface area contributed by atoms with Crippen LogP contribution in [0, 0.1) is 11.6 Å². The monoisotopic (exact) mass is 369 g/mol. The third-order valence-electron chi connectivity index (χ3n) is 4.19. The summed E-state index contributed by atoms with van der Waals surface area (Å²) < 4.78 is 64.4. The van der Waals surface area contributed by atoms with Crippen LogP contribution >= 0.6 is 0 Å². The van der Waals surface area contributed by atoms with E-state index < -0.39 is 26.6 Å². The van der Waals surface area contributed by atoms with Crippen molar-refractivity contribution in [2.24, 2.45) is 0 Å². The van der Waals surface area contributed by atoms with Gasteiger partial charge in [0.2, 0.25) is 10.0 Å². The van der Waals surface area contributed by atoms with E-state index in [1.54, 1.807) is 12.1 Å². The van der Waals surface area contributed by atoms with Gasteiger partial charge in [0.15, 0.2) is 11.5 Å². The number of ether oxygens (including phenoxy) is 2. The van der Waals surface area contributed by atoms with Crippen molar-refractivity contribution in [3.8, 4) is 11.5 Å². The van der Waals surface area contributed by atoms with Gasteiger partial charge >= 0.3 is 0 Å². The molecule has 1 aliphatic rings. The summed E-state index contributed by atoms with van der Waals surface area (Å²) in [6.07, 6.45) is 0.436. The smallest absolute Gasteiger partial charge is 0.246 e. The fourth-order valence-electron chi connectivity index (χ4n) is 2.88. The first kappa shape index (κ1) is 17.6. The molecule has 0 saturated carbocycles. The summed E-state index contributed by atoms with van der Waals surface area (Å²) in [5.41, 5.74) is 1.67. The van der Waals surface area contributed by atoms with Crippen LogP contribution < -0.4 is 9.47 Å². The van der Waals surface area contributed by atoms with Crippen molar-refractivity contribution in [1.82, 2.24) is 4.31 Å². The SMILES string of the molecule is COc1cc2c(cc1OC)CN(S(=O)(=O)c1cc(F)ccc1F)CC2. The molecule has 0 aliphatic carbocycles. The molecule has 1 aliphatic heterocycles. The molecule has 25 heavy (non-hydrogen) atoms. The van der Waals surface area contributed by atoms with E-state index in [0.29, 0.717) is 24.0 Å². The van der Waals surface area contributed by atoms with E-state index in [9.17, 15) is 17.2 Å². The van der Waals surface area contributed by atoms with Crippen molar-refractivity contribution < 1.29 is 26.7 Å². The number of rotatable bonds is 4. The highest BCUT2D eigenvalue weighted by molar-refractivity contribution is 7.89. The van der Waals surface area contributed by atoms with Gasteiger partial charge in [-0.2, -0.15) is 4.31 Å². The maximum Gasteiger partial charge on any atom is 0.246 e. The number of fused-ring (bicyclic) bond motifs is 1. The summed E-state index contributed by atoms with van der Waals surface area (Å²) in [4.78, 5) is -0.656. The molecule has 2 aromatic rings. The zero-order valence-corrected chi connectivity index (χ0v) is 14.6. The Bertz CT molecular complexity index is 915. The fourth-order valence-corrected chi connectivity index (χ4v) is 4.37. The Morgan fingerprint density at radius 1 is 1.00 bits per heavy atom. The highest BCUT2D eigenvalue weighted by atomic mass is 32.2. The Morgan fingerprint density at radius 3 is 2.28 bits per heavy atom. The van der Waals surface area contributed by atoms with Gasteiger partial charge < -0.3 is 9.47 Å². The summed E-state index contributed by atoms with van der Waals surface area (Å²) in [6.45, 7) is 0.217. The van der Waals surface area contributed by atoms with Gasteiger partial charge in [-0.3, -0.25) is 0 Å². The predicted octanol–water partition coefficient (Wildman–Crippen LogP) is 2.73. The van der Waals surface area contributed by atoms with Gasteiger partial charge in [0.05, 0.1) is 14.2 Å². The van der Waals surface area contributed by atoms with Gasteiger partial charge in [0.25, 0.3) is 0 Å². The minimum absolute atomic E-state index is 0.0496. The van der Waals surface area contributed by atoms with E-state index in [2.05, 4.69) is 0 Å². The number of halogens is 2. The molecule has 0 atom stereocenters. The lowest BCUT2D eigenvalue weighted by Gasteiger charge is -2.29. The van der Waals surface area contributed by atoms with Crippen LogP contribution in [-0.2, 0) is 23.0 Å². The first-order chi connectivity index (χ1) is 11.9. The fraction of sp³-hybridized carbons (Fsp3) is 0.294. The number of hydrogen-bond acceptors (Lipinski definition) is 4. The second-order valence-corrected chi connectivity index (χ2v) is 7.55. The van der Waals surface area contributed by atoms with Gasteiger partial charge in [-0.05, 0) is 47.9 Å². The minimum atomic E-state index is -4.15. The molecule has 0 spiro atoms. The molecule has 5 nitrogen and oxygen atoms in total. The van der Waals surface area contributed by atoms with Crippen LogP contribution in [0.3, 0.4) is 0 Å². The summed E-state index contributed by atoms with van der Waals surface area (Å²) in [5, 5.41) is 0. The van der Waals surface area contributed by atoms with Crippen molar-refractivity contribution in [2.45, 2.75) is 17.9 Å². The van der Waals surface area contributed by atoms with E-state index in [-0.39, 0.29) is 13.1 Å². The summed E-state index contributed by atoms with van der Waals surface area (Å²) in [7, 11) is -1.13. The molecule has 0 unspecified atom stereocenters. The molecule has 8 heteroatoms. The van der Waals surface area contributed by atoms with E-state index in [0.717, 1.165) is 27.6 Å². The van der Waals surface area contributed by atoms with Gasteiger partial charge in [0, 0.05) is 13.1 Å². The summed E-state index contributed by atoms with van der Waals surface area (Å²) in [5.74, 6) is -0.727. The Morgan fingerprint density at radius 2 is 1.64 bits per heavy atom. The standard InChI is InChI=1S/C17H17F2NO4S/c1-23-15-7-11-5-6-20(10-12(11)8-16(15)24-2)25(21,22)17-9-13(18)3-4-14(17)19/h3-4,7-9H,5-6,10H2,1-2H3. The second kappa shape index (κ2) is 6.61. The zero-order chi connectivity index (χ0) is 18.2. The third-order valence-corrected chi connectivity index (χ3v) is 6.05. The Kier molecular flexibility index (Phi) is 4.66. The van der Waals surface area contributed by atoms with Crippen LogP contribution in [0.15, 0.2) is 35.2 Å². The molecule has 0 radical (unpaired) electrons. The number of sulfonamides is 1. The normalized spacial score (nSPS) is 14.9. The predicted molar refractivity (Wildman–Crippen MR) is 87.2 cm³/mol. The van der Waals surface area contributed by atoms with E-state index in [4.69, 9.17) is 9.47 Å². The van der Waals surface area contributed by atoms with Crippen molar-refractivity contribution in [1.29, 1.82) is 0 Å². The first-order valence-corrected chi connectivity index (χ1v) is 9.00. The van der Waals surface area contributed by atoms with E-state index in [1.165, 1.54) is 14.2 Å². The van der Waals surface area contributed by atoms with Gasteiger partial charge in [-0.15, -0.1) is 0 Å². The van der Waals surface area contributed by atoms with Crippen LogP contribution in [0.2, 0.25) is 0 Å². The largest absolute Gasteiger partial charge is 0.493 e. The summed E-state index contributed by atoms with van der Waals surface area (Å²) >= 11 is 0. The van der Waals surface area contributed by atoms with Crippen LogP contribution in [0.4, 0.5) is 8.78 Å². The van der Waals surface area contributed by atoms with Crippen LogP contribution in [0.25, 0.3) is 0 Å². The highest BCUT2D eigenvalue weighted by Crippen LogP contribution is 2.34. The lowest BCUT2D eigenvalue weighted by Crippen LogP contribution is -2.36. The van der Waals surface area contributed by atoms with Crippen molar-refractivity contribution in [3.63, 3.8) is 0 Å². The Labute approximate surface area is 144 Å². The molecule has 0 saturated heterocycles. The Balaban J connectivity index is 1.98. The zero-order valence-electron chi connectivity index (χ0n) is 13.8. The first-order valence-electron chi connectivity index (χ1n) is 7.56. The van der Waals surface area contributed by atoms with E-state index in [1.807, 2.05) is 0 Å². The lowest BCUT2D eigenvalue weighted by atomic mass is 10.0. The van der Waals surface area contributed by atoms with Crippen LogP contribution in [0.1, 0.15) is 11.1 Å². The topological polar surface area (TPSA) is 55.8 Å². The van der Waals surface area contributed by atoms with Gasteiger partial charge in [-0.25, -0.2) is 17.2 Å². The average molecular weight is 369 g/mol. The molecule has 2 aromatic carbocycles. The maximum absolute atomic E-state index is 13.9. The third kappa shape index (κ3) is 3.19. The van der Waals surface area contributed by atoms with Crippen molar-refractivity contribution in [2.75, 3.05) is 20.8 Å². The molecule has 134 valence electrons. The molecule has 3 rings (SSSR count). The molecule has 0 N–H and O–H groups in total. The maximum atomic E-state index is 13.9. The van der Waals surface area contributed by atoms with Gasteiger partial charge in [-0.1, -0.05) is 0 Å². The van der Waals surface area contributed by atoms with Crippen molar-refractivity contribution >= 4 is 10.0 Å². The number of hydrogen-bond donors (Lipinski definition) is 0.